The van der Waals surface area contributed by atoms with E-state index in [0.717, 1.165) is 19.4 Å². The number of hydrogen-bond acceptors (Lipinski definition) is 5. The van der Waals surface area contributed by atoms with Crippen LogP contribution in [0, 0.1) is 10.1 Å². The Labute approximate surface area is 125 Å². The van der Waals surface area contributed by atoms with Crippen LogP contribution >= 0.6 is 15.9 Å². The Kier molecular flexibility index (Phi) is 5.19. The molecule has 0 amide bonds. The Balaban J connectivity index is 2.20. The molecule has 0 N–H and O–H groups in total. The summed E-state index contributed by atoms with van der Waals surface area (Å²) in [5, 5.41) is 11.4. The lowest BCUT2D eigenvalue weighted by atomic mass is 10.2. The van der Waals surface area contributed by atoms with E-state index in [9.17, 15) is 10.1 Å². The third kappa shape index (κ3) is 3.40. The average Bonchev–Trinajstić information content (AvgIpc) is 2.97. The number of benzene rings is 1. The molecule has 7 heteroatoms. The molecule has 2 rings (SSSR count). The summed E-state index contributed by atoms with van der Waals surface area (Å²) in [6.45, 7) is 1.12. The maximum Gasteiger partial charge on any atom is 0.277 e. The van der Waals surface area contributed by atoms with E-state index in [4.69, 9.17) is 14.2 Å². The van der Waals surface area contributed by atoms with Crippen LogP contribution in [0.5, 0.6) is 11.5 Å². The molecule has 6 nitrogen and oxygen atoms in total. The van der Waals surface area contributed by atoms with Gasteiger partial charge < -0.3 is 14.2 Å². The smallest absolute Gasteiger partial charge is 0.277 e. The van der Waals surface area contributed by atoms with E-state index in [1.165, 1.54) is 13.2 Å². The van der Waals surface area contributed by atoms with Crippen molar-refractivity contribution in [3.05, 3.63) is 27.8 Å². The van der Waals surface area contributed by atoms with Crippen LogP contribution in [0.15, 0.2) is 12.1 Å². The maximum atomic E-state index is 11.1. The molecule has 1 aliphatic rings. The number of methoxy groups -OCH3 is 1. The molecule has 0 radical (unpaired) electrons. The lowest BCUT2D eigenvalue weighted by Crippen LogP contribution is -2.16. The van der Waals surface area contributed by atoms with Gasteiger partial charge in [0.05, 0.1) is 24.2 Å². The Morgan fingerprint density at radius 2 is 2.30 bits per heavy atom. The molecule has 1 aromatic carbocycles. The van der Waals surface area contributed by atoms with Crippen molar-refractivity contribution in [2.45, 2.75) is 24.3 Å². The van der Waals surface area contributed by atoms with Gasteiger partial charge in [0.1, 0.15) is 6.61 Å². The standard InChI is InChI=1S/C13H16BrNO5/c1-18-12-5-9(7-14)11(15(16)17)6-13(12)20-8-10-3-2-4-19-10/h5-6,10H,2-4,7-8H2,1H3. The second-order valence-corrected chi connectivity index (χ2v) is 5.03. The number of rotatable bonds is 6. The maximum absolute atomic E-state index is 11.1. The number of nitro benzene ring substituents is 1. The van der Waals surface area contributed by atoms with Crippen LogP contribution in [0.2, 0.25) is 0 Å². The topological polar surface area (TPSA) is 70.8 Å². The van der Waals surface area contributed by atoms with Crippen LogP contribution in [0.3, 0.4) is 0 Å². The minimum absolute atomic E-state index is 0.0185. The first-order valence-corrected chi connectivity index (χ1v) is 7.43. The van der Waals surface area contributed by atoms with E-state index in [-0.39, 0.29) is 11.8 Å². The first-order valence-electron chi connectivity index (χ1n) is 6.31. The first-order chi connectivity index (χ1) is 9.65. The quantitative estimate of drug-likeness (QED) is 0.450. The van der Waals surface area contributed by atoms with E-state index >= 15 is 0 Å². The van der Waals surface area contributed by atoms with Gasteiger partial charge in [-0.25, -0.2) is 0 Å². The fourth-order valence-corrected chi connectivity index (χ4v) is 2.55. The minimum Gasteiger partial charge on any atom is -0.493 e. The summed E-state index contributed by atoms with van der Waals surface area (Å²) >= 11 is 3.24. The van der Waals surface area contributed by atoms with Crippen molar-refractivity contribution >= 4 is 21.6 Å². The molecular weight excluding hydrogens is 330 g/mol. The summed E-state index contributed by atoms with van der Waals surface area (Å²) in [7, 11) is 1.51. The number of halogens is 1. The highest BCUT2D eigenvalue weighted by molar-refractivity contribution is 9.08. The van der Waals surface area contributed by atoms with Crippen molar-refractivity contribution in [2.75, 3.05) is 20.3 Å². The molecule has 1 atom stereocenters. The fraction of sp³-hybridized carbons (Fsp3) is 0.538. The third-order valence-corrected chi connectivity index (χ3v) is 3.76. The Morgan fingerprint density at radius 1 is 1.50 bits per heavy atom. The number of nitro groups is 1. The molecule has 1 heterocycles. The van der Waals surface area contributed by atoms with Gasteiger partial charge >= 0.3 is 0 Å². The predicted molar refractivity (Wildman–Crippen MR) is 76.7 cm³/mol. The summed E-state index contributed by atoms with van der Waals surface area (Å²) in [4.78, 5) is 10.6. The van der Waals surface area contributed by atoms with Gasteiger partial charge in [0.2, 0.25) is 0 Å². The molecule has 0 spiro atoms. The molecule has 1 saturated heterocycles. The number of alkyl halides is 1. The second-order valence-electron chi connectivity index (χ2n) is 4.47. The van der Waals surface area contributed by atoms with Crippen molar-refractivity contribution in [1.82, 2.24) is 0 Å². The highest BCUT2D eigenvalue weighted by Gasteiger charge is 2.21. The molecule has 1 aliphatic heterocycles. The normalized spacial score (nSPS) is 18.0. The zero-order valence-corrected chi connectivity index (χ0v) is 12.7. The van der Waals surface area contributed by atoms with Crippen LogP contribution in [0.1, 0.15) is 18.4 Å². The molecular formula is C13H16BrNO5. The van der Waals surface area contributed by atoms with Crippen molar-refractivity contribution in [1.29, 1.82) is 0 Å². The summed E-state index contributed by atoms with van der Waals surface area (Å²) in [5.74, 6) is 0.863. The van der Waals surface area contributed by atoms with Gasteiger partial charge in [0, 0.05) is 17.5 Å². The first kappa shape index (κ1) is 15.1. The van der Waals surface area contributed by atoms with Crippen molar-refractivity contribution in [3.8, 4) is 11.5 Å². The molecule has 1 aromatic rings. The van der Waals surface area contributed by atoms with Crippen LogP contribution in [0.25, 0.3) is 0 Å². The highest BCUT2D eigenvalue weighted by Crippen LogP contribution is 2.36. The fourth-order valence-electron chi connectivity index (χ4n) is 2.10. The zero-order chi connectivity index (χ0) is 14.5. The van der Waals surface area contributed by atoms with Gasteiger partial charge in [-0.3, -0.25) is 10.1 Å². The number of ether oxygens (including phenoxy) is 3. The van der Waals surface area contributed by atoms with Crippen molar-refractivity contribution in [3.63, 3.8) is 0 Å². The third-order valence-electron chi connectivity index (χ3n) is 3.15. The monoisotopic (exact) mass is 345 g/mol. The summed E-state index contributed by atoms with van der Waals surface area (Å²) in [6, 6.07) is 3.03. The summed E-state index contributed by atoms with van der Waals surface area (Å²) < 4.78 is 16.3. The summed E-state index contributed by atoms with van der Waals surface area (Å²) in [5.41, 5.74) is 0.571. The molecule has 20 heavy (non-hydrogen) atoms. The van der Waals surface area contributed by atoms with Crippen molar-refractivity contribution in [2.24, 2.45) is 0 Å². The Morgan fingerprint density at radius 3 is 2.85 bits per heavy atom. The van der Waals surface area contributed by atoms with Gasteiger partial charge in [-0.2, -0.15) is 0 Å². The molecule has 0 aromatic heterocycles. The van der Waals surface area contributed by atoms with Crippen LogP contribution in [-0.4, -0.2) is 31.4 Å². The molecule has 1 fully saturated rings. The highest BCUT2D eigenvalue weighted by atomic mass is 79.9. The second kappa shape index (κ2) is 6.90. The average molecular weight is 346 g/mol. The number of nitrogens with zero attached hydrogens (tertiary/aromatic N) is 1. The van der Waals surface area contributed by atoms with Gasteiger partial charge in [0.15, 0.2) is 11.5 Å². The van der Waals surface area contributed by atoms with Crippen LogP contribution in [-0.2, 0) is 10.1 Å². The van der Waals surface area contributed by atoms with Gasteiger partial charge in [0.25, 0.3) is 5.69 Å². The molecule has 1 unspecified atom stereocenters. The van der Waals surface area contributed by atoms with E-state index < -0.39 is 4.92 Å². The van der Waals surface area contributed by atoms with Crippen LogP contribution < -0.4 is 9.47 Å². The Bertz CT molecular complexity index is 488. The zero-order valence-electron chi connectivity index (χ0n) is 11.1. The van der Waals surface area contributed by atoms with E-state index in [0.29, 0.717) is 29.0 Å². The van der Waals surface area contributed by atoms with Gasteiger partial charge in [-0.1, -0.05) is 15.9 Å². The lowest BCUT2D eigenvalue weighted by molar-refractivity contribution is -0.385. The predicted octanol–water partition coefficient (Wildman–Crippen LogP) is 3.06. The van der Waals surface area contributed by atoms with Gasteiger partial charge in [-0.15, -0.1) is 0 Å². The van der Waals surface area contributed by atoms with Crippen molar-refractivity contribution < 1.29 is 19.1 Å². The summed E-state index contributed by atoms with van der Waals surface area (Å²) in [6.07, 6.45) is 2.02. The van der Waals surface area contributed by atoms with E-state index in [1.54, 1.807) is 6.07 Å². The van der Waals surface area contributed by atoms with Gasteiger partial charge in [-0.05, 0) is 18.9 Å². The molecule has 110 valence electrons. The van der Waals surface area contributed by atoms with Crippen LogP contribution in [0.4, 0.5) is 5.69 Å². The minimum atomic E-state index is -0.422. The Hall–Kier alpha value is -1.34. The van der Waals surface area contributed by atoms with E-state index in [2.05, 4.69) is 15.9 Å². The lowest BCUT2D eigenvalue weighted by Gasteiger charge is -2.14. The number of hydrogen-bond donors (Lipinski definition) is 0. The largest absolute Gasteiger partial charge is 0.493 e. The molecule has 0 aliphatic carbocycles. The SMILES string of the molecule is COc1cc(CBr)c([N+](=O)[O-])cc1OCC1CCCO1. The molecule has 0 bridgehead atoms. The molecule has 0 saturated carbocycles. The van der Waals surface area contributed by atoms with E-state index in [1.807, 2.05) is 0 Å².